The molecule has 2 aromatic heterocycles. The van der Waals surface area contributed by atoms with Crippen LogP contribution in [0.15, 0.2) is 11.1 Å². The number of hydrogen-bond donors (Lipinski definition) is 3. The first-order valence-corrected chi connectivity index (χ1v) is 8.85. The minimum absolute atomic E-state index is 0. The summed E-state index contributed by atoms with van der Waals surface area (Å²) in [4.78, 5) is 43.8. The molecule has 0 aromatic carbocycles. The number of anilines is 1. The van der Waals surface area contributed by atoms with E-state index in [9.17, 15) is 24.3 Å². The number of aromatic nitrogens is 4. The molecule has 2 aromatic rings. The summed E-state index contributed by atoms with van der Waals surface area (Å²) in [5.41, 5.74) is 4.34. The van der Waals surface area contributed by atoms with Crippen molar-refractivity contribution in [3.8, 4) is 0 Å². The van der Waals surface area contributed by atoms with E-state index in [2.05, 4.69) is 15.0 Å². The number of nitrogens with zero attached hydrogens (tertiary/aromatic N) is 3. The van der Waals surface area contributed by atoms with Gasteiger partial charge in [-0.15, -0.1) is 0 Å². The maximum atomic E-state index is 11.8. The van der Waals surface area contributed by atoms with Crippen molar-refractivity contribution < 1.29 is 78.6 Å². The van der Waals surface area contributed by atoms with Gasteiger partial charge in [0.2, 0.25) is 5.95 Å². The molecule has 126 valence electrons. The minimum atomic E-state index is -4.65. The van der Waals surface area contributed by atoms with E-state index >= 15 is 0 Å². The van der Waals surface area contributed by atoms with Gasteiger partial charge in [0, 0.05) is 6.04 Å². The first-order chi connectivity index (χ1) is 10.7. The van der Waals surface area contributed by atoms with Crippen LogP contribution >= 0.6 is 7.60 Å². The van der Waals surface area contributed by atoms with Crippen LogP contribution in [0.3, 0.4) is 0 Å². The molecule has 1 aliphatic carbocycles. The van der Waals surface area contributed by atoms with E-state index < -0.39 is 24.9 Å². The Morgan fingerprint density at radius 1 is 1.48 bits per heavy atom. The fourth-order valence-corrected chi connectivity index (χ4v) is 3.79. The zero-order chi connectivity index (χ0) is 16.8. The zero-order valence-corrected chi connectivity index (χ0v) is 19.0. The van der Waals surface area contributed by atoms with Crippen LogP contribution in [-0.4, -0.2) is 36.4 Å². The molecule has 3 rings (SSSR count). The Hall–Kier alpha value is 0.260. The van der Waals surface area contributed by atoms with E-state index in [0.717, 1.165) is 0 Å². The summed E-state index contributed by atoms with van der Waals surface area (Å²) in [5, 5.41) is 10.5. The van der Waals surface area contributed by atoms with Gasteiger partial charge in [-0.3, -0.25) is 9.78 Å². The van der Waals surface area contributed by atoms with Crippen molar-refractivity contribution in [3.05, 3.63) is 16.7 Å². The predicted molar refractivity (Wildman–Crippen MR) is 77.5 cm³/mol. The molecule has 1 aliphatic rings. The smallest absolute Gasteiger partial charge is 0.811 e. The number of hydrogen-bond acceptors (Lipinski definition) is 8. The predicted octanol–water partition coefficient (Wildman–Crippen LogP) is -7.53. The number of fused-ring (bicyclic) bond motifs is 1. The average Bonchev–Trinajstić information content (AvgIpc) is 3.00. The van der Waals surface area contributed by atoms with Crippen LogP contribution in [0, 0.1) is 0 Å². The number of rotatable bonds is 4. The molecule has 13 heteroatoms. The Balaban J connectivity index is 0.00000156. The van der Waals surface area contributed by atoms with Crippen LogP contribution < -0.4 is 80.2 Å². The summed E-state index contributed by atoms with van der Waals surface area (Å²) in [7, 11) is -4.65. The van der Waals surface area contributed by atoms with Crippen LogP contribution in [0.1, 0.15) is 31.7 Å². The van der Waals surface area contributed by atoms with Gasteiger partial charge in [-0.1, -0.05) is 7.60 Å². The SMILES string of the molecule is Nc1nc2c(ncn2[C@H]2CC[C@@](O)(CCP(=O)([O-])[O-])C2)c(=O)[nH]1.[Na+].[Na+]. The topological polar surface area (TPSA) is 173 Å². The molecule has 1 saturated carbocycles. The van der Waals surface area contributed by atoms with Gasteiger partial charge in [-0.25, -0.2) is 4.98 Å². The maximum absolute atomic E-state index is 11.8. The van der Waals surface area contributed by atoms with E-state index in [-0.39, 0.29) is 89.5 Å². The Labute approximate surface area is 187 Å². The van der Waals surface area contributed by atoms with E-state index in [1.165, 1.54) is 6.33 Å². The third-order valence-electron chi connectivity index (χ3n) is 4.25. The van der Waals surface area contributed by atoms with Crippen LogP contribution in [0.4, 0.5) is 5.95 Å². The van der Waals surface area contributed by atoms with Gasteiger partial charge < -0.3 is 29.8 Å². The summed E-state index contributed by atoms with van der Waals surface area (Å²) in [6.07, 6.45) is 1.94. The number of H-pyrrole nitrogens is 1. The number of nitrogens with two attached hydrogens (primary N) is 1. The van der Waals surface area contributed by atoms with Gasteiger partial charge in [0.15, 0.2) is 11.2 Å². The summed E-state index contributed by atoms with van der Waals surface area (Å²) in [5.74, 6) is -0.0313. The molecule has 0 aliphatic heterocycles. The molecule has 0 bridgehead atoms. The molecule has 0 amide bonds. The number of aromatic amines is 1. The Kier molecular flexibility index (Phi) is 7.94. The van der Waals surface area contributed by atoms with Gasteiger partial charge in [0.25, 0.3) is 5.56 Å². The van der Waals surface area contributed by atoms with Crippen molar-refractivity contribution in [3.63, 3.8) is 0 Å². The first-order valence-electron chi connectivity index (χ1n) is 7.13. The largest absolute Gasteiger partial charge is 1.00 e. The molecular formula is C12H16N5Na2O5P. The van der Waals surface area contributed by atoms with Crippen molar-refractivity contribution in [1.29, 1.82) is 0 Å². The van der Waals surface area contributed by atoms with Crippen LogP contribution in [0.25, 0.3) is 11.2 Å². The molecule has 2 heterocycles. The third kappa shape index (κ3) is 5.38. The van der Waals surface area contributed by atoms with Gasteiger partial charge in [-0.05, 0) is 31.8 Å². The number of nitrogens with one attached hydrogen (secondary N) is 1. The quantitative estimate of drug-likeness (QED) is 0.343. The number of nitrogen functional groups attached to an aromatic ring is 1. The van der Waals surface area contributed by atoms with E-state index in [1.807, 2.05) is 0 Å². The molecular weight excluding hydrogens is 371 g/mol. The number of imidazole rings is 1. The van der Waals surface area contributed by atoms with Gasteiger partial charge in [0.05, 0.1) is 11.9 Å². The second kappa shape index (κ2) is 8.52. The summed E-state index contributed by atoms with van der Waals surface area (Å²) in [6, 6.07) is -0.198. The molecule has 0 saturated heterocycles. The second-order valence-corrected chi connectivity index (χ2v) is 7.65. The third-order valence-corrected chi connectivity index (χ3v) is 5.02. The summed E-state index contributed by atoms with van der Waals surface area (Å²) in [6.45, 7) is 0. The molecule has 10 nitrogen and oxygen atoms in total. The van der Waals surface area contributed by atoms with Crippen molar-refractivity contribution in [1.82, 2.24) is 19.5 Å². The first kappa shape index (κ1) is 23.3. The summed E-state index contributed by atoms with van der Waals surface area (Å²) < 4.78 is 12.4. The maximum Gasteiger partial charge on any atom is 1.00 e. The van der Waals surface area contributed by atoms with Crippen LogP contribution in [0.5, 0.6) is 0 Å². The fourth-order valence-electron chi connectivity index (χ4n) is 3.10. The minimum Gasteiger partial charge on any atom is -0.811 e. The van der Waals surface area contributed by atoms with E-state index in [4.69, 9.17) is 5.73 Å². The van der Waals surface area contributed by atoms with Crippen molar-refractivity contribution >= 4 is 24.7 Å². The molecule has 4 N–H and O–H groups in total. The average molecular weight is 387 g/mol. The van der Waals surface area contributed by atoms with Crippen LogP contribution in [0.2, 0.25) is 0 Å². The Bertz CT molecular complexity index is 852. The molecule has 1 fully saturated rings. The Morgan fingerprint density at radius 2 is 2.16 bits per heavy atom. The van der Waals surface area contributed by atoms with E-state index in [0.29, 0.717) is 18.5 Å². The molecule has 0 radical (unpaired) electrons. The van der Waals surface area contributed by atoms with Crippen molar-refractivity contribution in [2.45, 2.75) is 37.3 Å². The normalized spacial score (nSPS) is 23.2. The summed E-state index contributed by atoms with van der Waals surface area (Å²) >= 11 is 0. The number of aliphatic hydroxyl groups is 1. The van der Waals surface area contributed by atoms with Crippen molar-refractivity contribution in [2.24, 2.45) is 0 Å². The fraction of sp³-hybridized carbons (Fsp3) is 0.583. The monoisotopic (exact) mass is 387 g/mol. The molecule has 0 spiro atoms. The van der Waals surface area contributed by atoms with Gasteiger partial charge in [-0.2, -0.15) is 4.98 Å². The van der Waals surface area contributed by atoms with E-state index in [1.54, 1.807) is 4.57 Å². The second-order valence-electron chi connectivity index (χ2n) is 5.98. The van der Waals surface area contributed by atoms with Gasteiger partial charge in [0.1, 0.15) is 0 Å². The Morgan fingerprint density at radius 3 is 2.80 bits per heavy atom. The molecule has 0 unspecified atom stereocenters. The molecule has 2 atom stereocenters. The van der Waals surface area contributed by atoms with Crippen LogP contribution in [-0.2, 0) is 4.57 Å². The zero-order valence-electron chi connectivity index (χ0n) is 14.1. The van der Waals surface area contributed by atoms with Gasteiger partial charge >= 0.3 is 59.1 Å². The van der Waals surface area contributed by atoms with Crippen molar-refractivity contribution in [2.75, 3.05) is 11.9 Å². The molecule has 25 heavy (non-hydrogen) atoms. The standard InChI is InChI=1S/C12H18N5O5P.2Na/c13-11-15-9-8(10(18)16-11)14-6-17(9)7-1-2-12(19,5-7)3-4-23(20,21)22;;/h6-7,19H,1-5H2,(H2,20,21,22)(H3,13,15,16,18);;/q;2*+1/p-2/t7-,12+;;/m0../s1.